The molecule has 0 atom stereocenters. The van der Waals surface area contributed by atoms with E-state index in [4.69, 9.17) is 14.2 Å². The number of ether oxygens (including phenoxy) is 3. The van der Waals surface area contributed by atoms with Crippen molar-refractivity contribution in [2.24, 2.45) is 0 Å². The van der Waals surface area contributed by atoms with Gasteiger partial charge in [-0.25, -0.2) is 4.79 Å². The van der Waals surface area contributed by atoms with Gasteiger partial charge in [-0.2, -0.15) is 0 Å². The summed E-state index contributed by atoms with van der Waals surface area (Å²) in [5.41, 5.74) is 0.513. The van der Waals surface area contributed by atoms with Crippen LogP contribution in [0.4, 0.5) is 5.69 Å². The zero-order valence-electron chi connectivity index (χ0n) is 14.1. The number of nitrogens with zero attached hydrogens (tertiary/aromatic N) is 1. The van der Waals surface area contributed by atoms with Crippen molar-refractivity contribution >= 4 is 11.7 Å². The average molecular weight is 345 g/mol. The highest BCUT2D eigenvalue weighted by Crippen LogP contribution is 2.20. The van der Waals surface area contributed by atoms with Gasteiger partial charge in [0.2, 0.25) is 0 Å². The molecule has 0 amide bonds. The van der Waals surface area contributed by atoms with Crippen molar-refractivity contribution < 1.29 is 23.9 Å². The monoisotopic (exact) mass is 345 g/mol. The molecule has 0 saturated carbocycles. The van der Waals surface area contributed by atoms with E-state index in [0.717, 1.165) is 5.75 Å². The van der Waals surface area contributed by atoms with E-state index in [1.165, 1.54) is 18.2 Å². The number of hydrogen-bond acceptors (Lipinski definition) is 6. The van der Waals surface area contributed by atoms with E-state index in [1.807, 2.05) is 6.92 Å². The predicted molar refractivity (Wildman–Crippen MR) is 91.2 cm³/mol. The van der Waals surface area contributed by atoms with E-state index in [9.17, 15) is 14.9 Å². The SMILES string of the molecule is CCOc1ccc(OCCOC(=O)c2ccc(C)c([N+](=O)[O-])c2)cc1. The number of nitro groups is 1. The van der Waals surface area contributed by atoms with Gasteiger partial charge in [-0.05, 0) is 44.2 Å². The van der Waals surface area contributed by atoms with Gasteiger partial charge in [0.25, 0.3) is 5.69 Å². The van der Waals surface area contributed by atoms with E-state index >= 15 is 0 Å². The lowest BCUT2D eigenvalue weighted by atomic mass is 10.1. The van der Waals surface area contributed by atoms with E-state index in [2.05, 4.69) is 0 Å². The zero-order chi connectivity index (χ0) is 18.2. The Bertz CT molecular complexity index is 742. The Hall–Kier alpha value is -3.09. The van der Waals surface area contributed by atoms with E-state index < -0.39 is 10.9 Å². The van der Waals surface area contributed by atoms with Gasteiger partial charge in [-0.15, -0.1) is 0 Å². The Kier molecular flexibility index (Phi) is 6.33. The summed E-state index contributed by atoms with van der Waals surface area (Å²) in [6.07, 6.45) is 0. The normalized spacial score (nSPS) is 10.2. The van der Waals surface area contributed by atoms with Crippen LogP contribution in [0.25, 0.3) is 0 Å². The Labute approximate surface area is 145 Å². The van der Waals surface area contributed by atoms with Crippen LogP contribution in [0, 0.1) is 17.0 Å². The molecule has 2 aromatic rings. The van der Waals surface area contributed by atoms with Crippen LogP contribution < -0.4 is 9.47 Å². The van der Waals surface area contributed by atoms with E-state index in [-0.39, 0.29) is 24.5 Å². The number of nitro benzene ring substituents is 1. The van der Waals surface area contributed by atoms with Crippen molar-refractivity contribution in [3.05, 3.63) is 63.7 Å². The van der Waals surface area contributed by atoms with Crippen LogP contribution in [0.15, 0.2) is 42.5 Å². The van der Waals surface area contributed by atoms with E-state index in [1.54, 1.807) is 31.2 Å². The predicted octanol–water partition coefficient (Wildman–Crippen LogP) is 3.54. The van der Waals surface area contributed by atoms with Crippen LogP contribution in [-0.4, -0.2) is 30.7 Å². The van der Waals surface area contributed by atoms with Crippen molar-refractivity contribution in [1.82, 2.24) is 0 Å². The van der Waals surface area contributed by atoms with Crippen LogP contribution in [0.5, 0.6) is 11.5 Å². The van der Waals surface area contributed by atoms with Gasteiger partial charge in [0.15, 0.2) is 0 Å². The fourth-order valence-corrected chi connectivity index (χ4v) is 2.11. The molecule has 0 bridgehead atoms. The van der Waals surface area contributed by atoms with Gasteiger partial charge in [-0.1, -0.05) is 6.07 Å². The quantitative estimate of drug-likeness (QED) is 0.315. The molecule has 0 aromatic heterocycles. The molecule has 0 heterocycles. The van der Waals surface area contributed by atoms with Gasteiger partial charge < -0.3 is 14.2 Å². The summed E-state index contributed by atoms with van der Waals surface area (Å²) in [5, 5.41) is 10.9. The fraction of sp³-hybridized carbons (Fsp3) is 0.278. The molecule has 2 aromatic carbocycles. The van der Waals surface area contributed by atoms with Crippen LogP contribution in [-0.2, 0) is 4.74 Å². The minimum Gasteiger partial charge on any atom is -0.494 e. The first-order valence-electron chi connectivity index (χ1n) is 7.79. The lowest BCUT2D eigenvalue weighted by molar-refractivity contribution is -0.385. The van der Waals surface area contributed by atoms with Crippen LogP contribution >= 0.6 is 0 Å². The highest BCUT2D eigenvalue weighted by atomic mass is 16.6. The lowest BCUT2D eigenvalue weighted by Crippen LogP contribution is -2.12. The smallest absolute Gasteiger partial charge is 0.338 e. The first-order chi connectivity index (χ1) is 12.0. The van der Waals surface area contributed by atoms with Crippen molar-refractivity contribution in [2.75, 3.05) is 19.8 Å². The fourth-order valence-electron chi connectivity index (χ4n) is 2.11. The Morgan fingerprint density at radius 1 is 1.04 bits per heavy atom. The summed E-state index contributed by atoms with van der Waals surface area (Å²) in [5.74, 6) is 0.756. The minimum atomic E-state index is -0.626. The van der Waals surface area contributed by atoms with Crippen molar-refractivity contribution in [3.8, 4) is 11.5 Å². The number of benzene rings is 2. The van der Waals surface area contributed by atoms with E-state index in [0.29, 0.717) is 17.9 Å². The lowest BCUT2D eigenvalue weighted by Gasteiger charge is -2.09. The first-order valence-corrected chi connectivity index (χ1v) is 7.79. The summed E-state index contributed by atoms with van der Waals surface area (Å²) in [6, 6.07) is 11.3. The molecule has 0 saturated heterocycles. The third kappa shape index (κ3) is 5.20. The van der Waals surface area contributed by atoms with Crippen LogP contribution in [0.1, 0.15) is 22.8 Å². The molecule has 0 aliphatic carbocycles. The largest absolute Gasteiger partial charge is 0.494 e. The van der Waals surface area contributed by atoms with Gasteiger partial charge in [0, 0.05) is 11.6 Å². The van der Waals surface area contributed by atoms with Crippen molar-refractivity contribution in [2.45, 2.75) is 13.8 Å². The maximum Gasteiger partial charge on any atom is 0.338 e. The molecule has 7 heteroatoms. The summed E-state index contributed by atoms with van der Waals surface area (Å²) >= 11 is 0. The second kappa shape index (κ2) is 8.68. The summed E-state index contributed by atoms with van der Waals surface area (Å²) in [6.45, 7) is 4.31. The topological polar surface area (TPSA) is 87.9 Å². The van der Waals surface area contributed by atoms with Crippen LogP contribution in [0.2, 0.25) is 0 Å². The summed E-state index contributed by atoms with van der Waals surface area (Å²) in [7, 11) is 0. The van der Waals surface area contributed by atoms with Gasteiger partial charge >= 0.3 is 5.97 Å². The Balaban J connectivity index is 1.82. The van der Waals surface area contributed by atoms with Crippen molar-refractivity contribution in [1.29, 1.82) is 0 Å². The summed E-state index contributed by atoms with van der Waals surface area (Å²) in [4.78, 5) is 22.3. The number of rotatable bonds is 8. The zero-order valence-corrected chi connectivity index (χ0v) is 14.1. The molecular weight excluding hydrogens is 326 g/mol. The Morgan fingerprint density at radius 3 is 2.28 bits per heavy atom. The molecule has 0 N–H and O–H groups in total. The highest BCUT2D eigenvalue weighted by Gasteiger charge is 2.15. The molecule has 132 valence electrons. The molecule has 0 radical (unpaired) electrons. The average Bonchev–Trinajstić information content (AvgIpc) is 2.60. The third-order valence-electron chi connectivity index (χ3n) is 3.36. The standard InChI is InChI=1S/C18H19NO6/c1-3-23-15-6-8-16(9-7-15)24-10-11-25-18(20)14-5-4-13(2)17(12-14)19(21)22/h4-9,12H,3,10-11H2,1-2H3. The number of carbonyl (C=O) groups is 1. The van der Waals surface area contributed by atoms with Crippen molar-refractivity contribution in [3.63, 3.8) is 0 Å². The molecule has 7 nitrogen and oxygen atoms in total. The molecular formula is C18H19NO6. The van der Waals surface area contributed by atoms with Crippen LogP contribution in [0.3, 0.4) is 0 Å². The minimum absolute atomic E-state index is 0.0354. The maximum absolute atomic E-state index is 11.9. The molecule has 0 aliphatic rings. The number of carbonyl (C=O) groups excluding carboxylic acids is 1. The number of aryl methyl sites for hydroxylation is 1. The maximum atomic E-state index is 11.9. The molecule has 0 spiro atoms. The third-order valence-corrected chi connectivity index (χ3v) is 3.36. The molecule has 0 fully saturated rings. The molecule has 2 rings (SSSR count). The second-order valence-electron chi connectivity index (χ2n) is 5.15. The highest BCUT2D eigenvalue weighted by molar-refractivity contribution is 5.90. The number of esters is 1. The van der Waals surface area contributed by atoms with Gasteiger partial charge in [-0.3, -0.25) is 10.1 Å². The van der Waals surface area contributed by atoms with Gasteiger partial charge in [0.1, 0.15) is 24.7 Å². The Morgan fingerprint density at radius 2 is 1.68 bits per heavy atom. The first kappa shape index (κ1) is 18.3. The second-order valence-corrected chi connectivity index (χ2v) is 5.15. The van der Waals surface area contributed by atoms with Gasteiger partial charge in [0.05, 0.1) is 17.1 Å². The molecule has 0 unspecified atom stereocenters. The molecule has 25 heavy (non-hydrogen) atoms. The number of hydrogen-bond donors (Lipinski definition) is 0. The summed E-state index contributed by atoms with van der Waals surface area (Å²) < 4.78 is 15.9. The molecule has 0 aliphatic heterocycles.